The van der Waals surface area contributed by atoms with E-state index in [2.05, 4.69) is 20.1 Å². The number of hydrogen-bond donors (Lipinski definition) is 2. The summed E-state index contributed by atoms with van der Waals surface area (Å²) in [6, 6.07) is 0. The van der Waals surface area contributed by atoms with Crippen LogP contribution in [0.3, 0.4) is 0 Å². The number of carbonyl (C=O) groups excluding carboxylic acids is 1. The quantitative estimate of drug-likeness (QED) is 0.549. The van der Waals surface area contributed by atoms with Crippen LogP contribution in [0, 0.1) is 5.92 Å². The smallest absolute Gasteiger partial charge is 0.278 e. The molecule has 8 nitrogen and oxygen atoms in total. The first kappa shape index (κ1) is 18.4. The van der Waals surface area contributed by atoms with E-state index in [0.717, 1.165) is 25.2 Å². The molecular formula is C18H25N5O3. The van der Waals surface area contributed by atoms with Gasteiger partial charge < -0.3 is 4.52 Å². The van der Waals surface area contributed by atoms with Gasteiger partial charge in [0.05, 0.1) is 6.20 Å². The summed E-state index contributed by atoms with van der Waals surface area (Å²) in [6.45, 7) is 0. The van der Waals surface area contributed by atoms with Crippen molar-refractivity contribution in [3.8, 4) is 11.6 Å². The zero-order chi connectivity index (χ0) is 18.2. The Bertz CT molecular complexity index is 685. The van der Waals surface area contributed by atoms with Crippen molar-refractivity contribution < 1.29 is 14.5 Å². The van der Waals surface area contributed by atoms with Crippen LogP contribution < -0.4 is 5.48 Å². The zero-order valence-electron chi connectivity index (χ0n) is 14.8. The van der Waals surface area contributed by atoms with Crippen molar-refractivity contribution in [3.63, 3.8) is 0 Å². The van der Waals surface area contributed by atoms with E-state index in [0.29, 0.717) is 11.5 Å². The summed E-state index contributed by atoms with van der Waals surface area (Å²) < 4.78 is 5.29. The molecule has 140 valence electrons. The lowest BCUT2D eigenvalue weighted by Crippen LogP contribution is -2.21. The molecule has 0 bridgehead atoms. The molecule has 1 atom stereocenters. The molecule has 1 amide bonds. The highest BCUT2D eigenvalue weighted by Crippen LogP contribution is 2.31. The fourth-order valence-corrected chi connectivity index (χ4v) is 3.63. The molecule has 8 heteroatoms. The van der Waals surface area contributed by atoms with Gasteiger partial charge in [-0.3, -0.25) is 15.0 Å². The van der Waals surface area contributed by atoms with Gasteiger partial charge in [-0.1, -0.05) is 50.1 Å². The summed E-state index contributed by atoms with van der Waals surface area (Å²) in [5, 5.41) is 12.9. The average Bonchev–Trinajstić information content (AvgIpc) is 3.19. The Balaban J connectivity index is 1.63. The van der Waals surface area contributed by atoms with E-state index in [1.807, 2.05) is 0 Å². The monoisotopic (exact) mass is 359 g/mol. The van der Waals surface area contributed by atoms with E-state index in [-0.39, 0.29) is 18.2 Å². The molecule has 1 unspecified atom stereocenters. The van der Waals surface area contributed by atoms with E-state index >= 15 is 0 Å². The van der Waals surface area contributed by atoms with Gasteiger partial charge in [-0.2, -0.15) is 4.98 Å². The first-order chi connectivity index (χ1) is 12.8. The second kappa shape index (κ2) is 9.38. The number of rotatable bonds is 8. The highest BCUT2D eigenvalue weighted by atomic mass is 16.5. The lowest BCUT2D eigenvalue weighted by molar-refractivity contribution is -0.129. The summed E-state index contributed by atoms with van der Waals surface area (Å²) in [5.74, 6) is 0.905. The molecule has 1 aliphatic rings. The van der Waals surface area contributed by atoms with Crippen LogP contribution >= 0.6 is 0 Å². The van der Waals surface area contributed by atoms with Crippen molar-refractivity contribution in [3.05, 3.63) is 24.4 Å². The molecule has 2 aromatic rings. The third-order valence-electron chi connectivity index (χ3n) is 5.04. The molecule has 26 heavy (non-hydrogen) atoms. The van der Waals surface area contributed by atoms with Gasteiger partial charge in [0.2, 0.25) is 5.91 Å². The highest BCUT2D eigenvalue weighted by Gasteiger charge is 2.23. The van der Waals surface area contributed by atoms with Crippen LogP contribution in [0.5, 0.6) is 0 Å². The summed E-state index contributed by atoms with van der Waals surface area (Å²) >= 11 is 0. The molecule has 2 N–H and O–H groups in total. The van der Waals surface area contributed by atoms with Crippen LogP contribution in [0.25, 0.3) is 11.6 Å². The van der Waals surface area contributed by atoms with E-state index in [1.165, 1.54) is 32.1 Å². The van der Waals surface area contributed by atoms with Gasteiger partial charge in [-0.25, -0.2) is 10.5 Å². The third-order valence-corrected chi connectivity index (χ3v) is 5.04. The molecule has 0 aliphatic heterocycles. The summed E-state index contributed by atoms with van der Waals surface area (Å²) in [5.41, 5.74) is 2.19. The minimum absolute atomic E-state index is 0.126. The number of hydroxylamine groups is 1. The van der Waals surface area contributed by atoms with Gasteiger partial charge in [0.1, 0.15) is 5.69 Å². The van der Waals surface area contributed by atoms with Gasteiger partial charge in [0, 0.05) is 24.7 Å². The van der Waals surface area contributed by atoms with Crippen molar-refractivity contribution in [2.24, 2.45) is 5.92 Å². The van der Waals surface area contributed by atoms with Crippen LogP contribution in [0.1, 0.15) is 69.5 Å². The Morgan fingerprint density at radius 2 is 2.15 bits per heavy atom. The summed E-state index contributed by atoms with van der Waals surface area (Å²) in [7, 11) is 0. The largest absolute Gasteiger partial charge is 0.332 e. The number of nitrogens with zero attached hydrogens (tertiary/aromatic N) is 4. The molecule has 0 aromatic carbocycles. The number of aromatic nitrogens is 4. The standard InChI is InChI=1S/C18H25N5O3/c24-16(22-25)11-14(8-4-7-13-5-2-1-3-6-13)17-21-18(26-23-17)15-12-19-9-10-20-15/h9-10,12-14,25H,1-8,11H2,(H,22,24). The van der Waals surface area contributed by atoms with Crippen molar-refractivity contribution >= 4 is 5.91 Å². The predicted molar refractivity (Wildman–Crippen MR) is 93.0 cm³/mol. The predicted octanol–water partition coefficient (Wildman–Crippen LogP) is 3.26. The maximum Gasteiger partial charge on any atom is 0.278 e. The number of amides is 1. The van der Waals surface area contributed by atoms with Crippen molar-refractivity contribution in [1.29, 1.82) is 0 Å². The average molecular weight is 359 g/mol. The maximum atomic E-state index is 11.7. The lowest BCUT2D eigenvalue weighted by atomic mass is 9.84. The van der Waals surface area contributed by atoms with Crippen molar-refractivity contribution in [2.75, 3.05) is 0 Å². The van der Waals surface area contributed by atoms with Gasteiger partial charge in [-0.15, -0.1) is 0 Å². The topological polar surface area (TPSA) is 114 Å². The fraction of sp³-hybridized carbons (Fsp3) is 0.611. The van der Waals surface area contributed by atoms with Gasteiger partial charge in [-0.05, 0) is 12.3 Å². The zero-order valence-corrected chi connectivity index (χ0v) is 14.8. The molecule has 1 fully saturated rings. The summed E-state index contributed by atoms with van der Waals surface area (Å²) in [6.07, 6.45) is 14.4. The van der Waals surface area contributed by atoms with Crippen LogP contribution in [-0.2, 0) is 4.79 Å². The molecule has 2 aromatic heterocycles. The molecule has 0 radical (unpaired) electrons. The van der Waals surface area contributed by atoms with Crippen LogP contribution in [-0.4, -0.2) is 31.2 Å². The SMILES string of the molecule is O=C(CC(CCCC1CCCCC1)c1noc(-c2cnccn2)n1)NO. The molecular weight excluding hydrogens is 334 g/mol. The maximum absolute atomic E-state index is 11.7. The molecule has 0 spiro atoms. The van der Waals surface area contributed by atoms with Crippen LogP contribution in [0.15, 0.2) is 23.1 Å². The Hall–Kier alpha value is -2.35. The summed E-state index contributed by atoms with van der Waals surface area (Å²) in [4.78, 5) is 24.2. The normalized spacial score (nSPS) is 16.3. The fourth-order valence-electron chi connectivity index (χ4n) is 3.63. The Labute approximate surface area is 152 Å². The second-order valence-corrected chi connectivity index (χ2v) is 6.92. The minimum Gasteiger partial charge on any atom is -0.332 e. The van der Waals surface area contributed by atoms with Crippen LogP contribution in [0.4, 0.5) is 0 Å². The van der Waals surface area contributed by atoms with Crippen LogP contribution in [0.2, 0.25) is 0 Å². The molecule has 2 heterocycles. The third kappa shape index (κ3) is 5.08. The highest BCUT2D eigenvalue weighted by molar-refractivity contribution is 5.75. The molecule has 0 saturated heterocycles. The molecule has 3 rings (SSSR count). The second-order valence-electron chi connectivity index (χ2n) is 6.92. The Morgan fingerprint density at radius 3 is 2.88 bits per heavy atom. The van der Waals surface area contributed by atoms with Gasteiger partial charge in [0.25, 0.3) is 5.89 Å². The van der Waals surface area contributed by atoms with Gasteiger partial charge in [0.15, 0.2) is 5.82 Å². The van der Waals surface area contributed by atoms with E-state index < -0.39 is 5.91 Å². The minimum atomic E-state index is -0.446. The van der Waals surface area contributed by atoms with E-state index in [1.54, 1.807) is 24.1 Å². The van der Waals surface area contributed by atoms with Crippen molar-refractivity contribution in [1.82, 2.24) is 25.6 Å². The van der Waals surface area contributed by atoms with Crippen molar-refractivity contribution in [2.45, 2.75) is 63.7 Å². The van der Waals surface area contributed by atoms with E-state index in [4.69, 9.17) is 9.73 Å². The van der Waals surface area contributed by atoms with E-state index in [9.17, 15) is 4.79 Å². The number of nitrogens with one attached hydrogen (secondary N) is 1. The molecule has 1 saturated carbocycles. The Morgan fingerprint density at radius 1 is 1.31 bits per heavy atom. The van der Waals surface area contributed by atoms with Gasteiger partial charge >= 0.3 is 0 Å². The molecule has 1 aliphatic carbocycles. The lowest BCUT2D eigenvalue weighted by Gasteiger charge is -2.22. The number of carbonyl (C=O) groups is 1. The first-order valence-corrected chi connectivity index (χ1v) is 9.29. The number of hydrogen-bond acceptors (Lipinski definition) is 7. The first-order valence-electron chi connectivity index (χ1n) is 9.29. The Kier molecular flexibility index (Phi) is 6.65.